The molecule has 0 unspecified atom stereocenters. The summed E-state index contributed by atoms with van der Waals surface area (Å²) >= 11 is 0. The van der Waals surface area contributed by atoms with Gasteiger partial charge < -0.3 is 10.3 Å². The third kappa shape index (κ3) is 3.64. The number of rotatable bonds is 5. The van der Waals surface area contributed by atoms with Gasteiger partial charge in [0.2, 0.25) is 0 Å². The van der Waals surface area contributed by atoms with Gasteiger partial charge in [-0.2, -0.15) is 8.42 Å². The summed E-state index contributed by atoms with van der Waals surface area (Å²) in [5.41, 5.74) is 3.49. The Kier molecular flexibility index (Phi) is 4.76. The number of nitrogens with zero attached hydrogens (tertiary/aromatic N) is 2. The third-order valence-corrected chi connectivity index (χ3v) is 6.33. The predicted molar refractivity (Wildman–Crippen MR) is 122 cm³/mol. The van der Waals surface area contributed by atoms with Crippen molar-refractivity contribution in [3.63, 3.8) is 0 Å². The molecule has 4 aromatic rings. The van der Waals surface area contributed by atoms with Crippen LogP contribution >= 0.6 is 0 Å². The van der Waals surface area contributed by atoms with Gasteiger partial charge in [-0.15, -0.1) is 4.28 Å². The van der Waals surface area contributed by atoms with Gasteiger partial charge in [0.1, 0.15) is 5.82 Å². The second-order valence-corrected chi connectivity index (χ2v) is 8.75. The van der Waals surface area contributed by atoms with E-state index in [1.54, 1.807) is 36.4 Å². The van der Waals surface area contributed by atoms with E-state index in [-0.39, 0.29) is 10.8 Å². The fourth-order valence-corrected chi connectivity index (χ4v) is 4.48. The third-order valence-electron chi connectivity index (χ3n) is 5.08. The van der Waals surface area contributed by atoms with Crippen LogP contribution in [0.5, 0.6) is 0 Å². The number of nitrogens with one attached hydrogen (secondary N) is 2. The molecule has 0 spiro atoms. The van der Waals surface area contributed by atoms with Crippen LogP contribution in [0.25, 0.3) is 22.7 Å². The largest absolute Gasteiger partial charge is 0.338 e. The fraction of sp³-hybridized carbons (Fsp3) is 0.0435. The van der Waals surface area contributed by atoms with E-state index in [1.165, 1.54) is 24.2 Å². The van der Waals surface area contributed by atoms with Crippen molar-refractivity contribution in [3.05, 3.63) is 84.2 Å². The average Bonchev–Trinajstić information content (AvgIpc) is 3.34. The number of aromatic amines is 1. The standard InChI is InChI=1S/C23H18N4O4S/c1-27(15-7-3-2-4-8-15)31-32(29,30)16-11-12-19-17(13-16)18(23(28)26-19)14-22-24-20-9-5-6-10-21(20)25-22/h2-14H,1H3,(H,24,25)(H,26,28). The van der Waals surface area contributed by atoms with Crippen LogP contribution in [0, 0.1) is 0 Å². The Morgan fingerprint density at radius 3 is 2.53 bits per heavy atom. The number of para-hydroxylation sites is 3. The Hall–Kier alpha value is -3.95. The second kappa shape index (κ2) is 7.63. The van der Waals surface area contributed by atoms with Crippen LogP contribution in [0.2, 0.25) is 0 Å². The zero-order valence-electron chi connectivity index (χ0n) is 16.9. The molecule has 0 atom stereocenters. The number of imidazole rings is 1. The molecule has 2 N–H and O–H groups in total. The van der Waals surface area contributed by atoms with Crippen molar-refractivity contribution in [1.29, 1.82) is 0 Å². The van der Waals surface area contributed by atoms with Crippen LogP contribution in [-0.4, -0.2) is 31.3 Å². The van der Waals surface area contributed by atoms with Gasteiger partial charge in [0.25, 0.3) is 5.91 Å². The lowest BCUT2D eigenvalue weighted by Gasteiger charge is -2.18. The van der Waals surface area contributed by atoms with E-state index >= 15 is 0 Å². The Morgan fingerprint density at radius 2 is 1.75 bits per heavy atom. The van der Waals surface area contributed by atoms with Crippen LogP contribution in [0.3, 0.4) is 0 Å². The zero-order chi connectivity index (χ0) is 22.3. The molecule has 1 aliphatic heterocycles. The van der Waals surface area contributed by atoms with E-state index in [1.807, 2.05) is 30.3 Å². The number of hydrogen-bond donors (Lipinski definition) is 2. The van der Waals surface area contributed by atoms with Crippen molar-refractivity contribution in [2.24, 2.45) is 0 Å². The first-order valence-corrected chi connectivity index (χ1v) is 11.2. The number of hydroxylamine groups is 1. The minimum Gasteiger partial charge on any atom is -0.338 e. The quantitative estimate of drug-likeness (QED) is 0.357. The van der Waals surface area contributed by atoms with E-state index in [0.717, 1.165) is 11.0 Å². The maximum Gasteiger partial charge on any atom is 0.317 e. The first-order chi connectivity index (χ1) is 15.4. The molecule has 2 heterocycles. The summed E-state index contributed by atoms with van der Waals surface area (Å²) in [4.78, 5) is 20.1. The highest BCUT2D eigenvalue weighted by Crippen LogP contribution is 2.35. The topological polar surface area (TPSA) is 104 Å². The van der Waals surface area contributed by atoms with Crippen LogP contribution in [0.1, 0.15) is 11.4 Å². The monoisotopic (exact) mass is 446 g/mol. The van der Waals surface area contributed by atoms with E-state index in [0.29, 0.717) is 28.3 Å². The van der Waals surface area contributed by atoms with E-state index in [4.69, 9.17) is 4.28 Å². The Labute approximate surface area is 184 Å². The van der Waals surface area contributed by atoms with Crippen molar-refractivity contribution in [1.82, 2.24) is 9.97 Å². The predicted octanol–water partition coefficient (Wildman–Crippen LogP) is 3.81. The molecule has 9 heteroatoms. The molecular weight excluding hydrogens is 428 g/mol. The SMILES string of the molecule is CN(OS(=O)(=O)c1ccc2c(c1)C(=Cc1nc3ccccc3[nH]1)C(=O)N2)c1ccccc1. The average molecular weight is 446 g/mol. The lowest BCUT2D eigenvalue weighted by atomic mass is 10.1. The first-order valence-electron chi connectivity index (χ1n) is 9.76. The first kappa shape index (κ1) is 20.0. The molecule has 3 aromatic carbocycles. The van der Waals surface area contributed by atoms with E-state index in [2.05, 4.69) is 15.3 Å². The smallest absolute Gasteiger partial charge is 0.317 e. The highest BCUT2D eigenvalue weighted by Gasteiger charge is 2.28. The number of carbonyl (C=O) groups is 1. The second-order valence-electron chi connectivity index (χ2n) is 7.22. The molecule has 0 aliphatic carbocycles. The molecule has 1 aliphatic rings. The number of amides is 1. The molecule has 160 valence electrons. The van der Waals surface area contributed by atoms with Gasteiger partial charge in [0, 0.05) is 18.3 Å². The number of H-pyrrole nitrogens is 1. The maximum atomic E-state index is 12.9. The Balaban J connectivity index is 1.49. The van der Waals surface area contributed by atoms with Crippen molar-refractivity contribution in [2.45, 2.75) is 4.90 Å². The summed E-state index contributed by atoms with van der Waals surface area (Å²) < 4.78 is 31.0. The molecule has 1 amide bonds. The van der Waals surface area contributed by atoms with E-state index < -0.39 is 10.1 Å². The van der Waals surface area contributed by atoms with Crippen LogP contribution < -0.4 is 10.4 Å². The maximum absolute atomic E-state index is 12.9. The molecule has 32 heavy (non-hydrogen) atoms. The zero-order valence-corrected chi connectivity index (χ0v) is 17.8. The summed E-state index contributed by atoms with van der Waals surface area (Å²) in [6, 6.07) is 20.7. The van der Waals surface area contributed by atoms with Crippen LogP contribution in [0.15, 0.2) is 77.7 Å². The Morgan fingerprint density at radius 1 is 1.00 bits per heavy atom. The van der Waals surface area contributed by atoms with Crippen LogP contribution in [-0.2, 0) is 19.2 Å². The number of carbonyl (C=O) groups excluding carboxylic acids is 1. The molecule has 5 rings (SSSR count). The van der Waals surface area contributed by atoms with Gasteiger partial charge in [-0.25, -0.2) is 10.0 Å². The van der Waals surface area contributed by atoms with Crippen LogP contribution in [0.4, 0.5) is 11.4 Å². The minimum atomic E-state index is -4.13. The van der Waals surface area contributed by atoms with Crippen molar-refractivity contribution in [2.75, 3.05) is 17.4 Å². The summed E-state index contributed by atoms with van der Waals surface area (Å²) in [7, 11) is -2.62. The molecule has 0 radical (unpaired) electrons. The highest BCUT2D eigenvalue weighted by atomic mass is 32.2. The number of aromatic nitrogens is 2. The summed E-state index contributed by atoms with van der Waals surface area (Å²) in [6.07, 6.45) is 1.61. The molecular formula is C23H18N4O4S. The van der Waals surface area contributed by atoms with Gasteiger partial charge in [-0.05, 0) is 48.5 Å². The molecule has 8 nitrogen and oxygen atoms in total. The summed E-state index contributed by atoms with van der Waals surface area (Å²) in [5.74, 6) is 0.162. The van der Waals surface area contributed by atoms with Gasteiger partial charge >= 0.3 is 10.1 Å². The number of anilines is 2. The highest BCUT2D eigenvalue weighted by molar-refractivity contribution is 7.86. The van der Waals surface area contributed by atoms with Gasteiger partial charge in [-0.1, -0.05) is 30.3 Å². The lowest BCUT2D eigenvalue weighted by Crippen LogP contribution is -2.22. The number of hydrogen-bond acceptors (Lipinski definition) is 6. The molecule has 0 bridgehead atoms. The molecule has 1 aromatic heterocycles. The van der Waals surface area contributed by atoms with Gasteiger partial charge in [0.15, 0.2) is 0 Å². The lowest BCUT2D eigenvalue weighted by molar-refractivity contribution is -0.110. The molecule has 0 saturated carbocycles. The fourth-order valence-electron chi connectivity index (χ4n) is 3.51. The number of benzene rings is 3. The summed E-state index contributed by atoms with van der Waals surface area (Å²) in [6.45, 7) is 0. The normalized spacial score (nSPS) is 14.5. The van der Waals surface area contributed by atoms with Crippen molar-refractivity contribution in [3.8, 4) is 0 Å². The van der Waals surface area contributed by atoms with Crippen molar-refractivity contribution < 1.29 is 17.5 Å². The van der Waals surface area contributed by atoms with Gasteiger partial charge in [0.05, 0.1) is 27.2 Å². The van der Waals surface area contributed by atoms with Crippen molar-refractivity contribution >= 4 is 50.1 Å². The number of fused-ring (bicyclic) bond motifs is 2. The minimum absolute atomic E-state index is 0.0639. The summed E-state index contributed by atoms with van der Waals surface area (Å²) in [5, 5.41) is 3.93. The molecule has 0 fully saturated rings. The van der Waals surface area contributed by atoms with Gasteiger partial charge in [-0.3, -0.25) is 4.79 Å². The Bertz CT molecular complexity index is 1440. The molecule has 0 saturated heterocycles. The van der Waals surface area contributed by atoms with E-state index in [9.17, 15) is 13.2 Å².